The first kappa shape index (κ1) is 8.82. The molecule has 0 saturated heterocycles. The minimum atomic E-state index is 0.266. The molecule has 0 bridgehead atoms. The predicted octanol–water partition coefficient (Wildman–Crippen LogP) is 3.13. The van der Waals surface area contributed by atoms with E-state index < -0.39 is 0 Å². The van der Waals surface area contributed by atoms with E-state index in [1.807, 2.05) is 36.4 Å². The molecule has 0 aliphatic carbocycles. The van der Waals surface area contributed by atoms with Crippen LogP contribution in [-0.2, 0) is 0 Å². The Kier molecular flexibility index (Phi) is 2.50. The van der Waals surface area contributed by atoms with Gasteiger partial charge in [-0.05, 0) is 18.2 Å². The normalized spacial score (nSPS) is 19.7. The Morgan fingerprint density at radius 1 is 1.14 bits per heavy atom. The van der Waals surface area contributed by atoms with Gasteiger partial charge in [0.15, 0.2) is 0 Å². The minimum Gasteiger partial charge on any atom is -0.338 e. The van der Waals surface area contributed by atoms with E-state index in [4.69, 9.17) is 0 Å². The van der Waals surface area contributed by atoms with Gasteiger partial charge in [-0.2, -0.15) is 0 Å². The molecule has 70 valence electrons. The molecule has 1 aromatic rings. The largest absolute Gasteiger partial charge is 0.338 e. The van der Waals surface area contributed by atoms with Gasteiger partial charge < -0.3 is 4.90 Å². The number of anilines is 1. The highest BCUT2D eigenvalue weighted by Crippen LogP contribution is 2.20. The van der Waals surface area contributed by atoms with Crippen LogP contribution in [0.15, 0.2) is 67.4 Å². The lowest BCUT2D eigenvalue weighted by molar-refractivity contribution is 0.926. The van der Waals surface area contributed by atoms with E-state index in [-0.39, 0.29) is 6.04 Å². The number of allylic oxidation sites excluding steroid dienone is 2. The number of hydrogen-bond acceptors (Lipinski definition) is 1. The van der Waals surface area contributed by atoms with Crippen LogP contribution >= 0.6 is 0 Å². The van der Waals surface area contributed by atoms with E-state index in [2.05, 4.69) is 35.9 Å². The first-order valence-corrected chi connectivity index (χ1v) is 4.73. The summed E-state index contributed by atoms with van der Waals surface area (Å²) < 4.78 is 0. The summed E-state index contributed by atoms with van der Waals surface area (Å²) in [5.74, 6) is 0. The SMILES string of the molecule is C=CC1C=CC=CN1c1ccccc1. The summed E-state index contributed by atoms with van der Waals surface area (Å²) in [4.78, 5) is 2.19. The highest BCUT2D eigenvalue weighted by molar-refractivity contribution is 5.54. The number of rotatable bonds is 2. The van der Waals surface area contributed by atoms with E-state index in [1.165, 1.54) is 5.69 Å². The summed E-state index contributed by atoms with van der Waals surface area (Å²) in [5.41, 5.74) is 1.19. The van der Waals surface area contributed by atoms with Crippen molar-refractivity contribution in [3.05, 3.63) is 67.4 Å². The quantitative estimate of drug-likeness (QED) is 0.637. The van der Waals surface area contributed by atoms with Crippen LogP contribution < -0.4 is 4.90 Å². The summed E-state index contributed by atoms with van der Waals surface area (Å²) in [7, 11) is 0. The molecule has 1 aliphatic rings. The van der Waals surface area contributed by atoms with E-state index >= 15 is 0 Å². The topological polar surface area (TPSA) is 3.24 Å². The van der Waals surface area contributed by atoms with Crippen LogP contribution in [0, 0.1) is 0 Å². The monoisotopic (exact) mass is 183 g/mol. The average Bonchev–Trinajstić information content (AvgIpc) is 2.30. The predicted molar refractivity (Wildman–Crippen MR) is 61.2 cm³/mol. The molecule has 0 fully saturated rings. The maximum Gasteiger partial charge on any atom is 0.0700 e. The smallest absolute Gasteiger partial charge is 0.0700 e. The van der Waals surface area contributed by atoms with Crippen LogP contribution in [0.3, 0.4) is 0 Å². The van der Waals surface area contributed by atoms with Gasteiger partial charge >= 0.3 is 0 Å². The fourth-order valence-electron chi connectivity index (χ4n) is 1.56. The van der Waals surface area contributed by atoms with Crippen LogP contribution in [0.1, 0.15) is 0 Å². The lowest BCUT2D eigenvalue weighted by Crippen LogP contribution is -2.28. The molecule has 1 heteroatoms. The molecule has 0 saturated carbocycles. The summed E-state index contributed by atoms with van der Waals surface area (Å²) in [6.45, 7) is 3.83. The third-order valence-corrected chi connectivity index (χ3v) is 2.28. The van der Waals surface area contributed by atoms with Gasteiger partial charge in [-0.3, -0.25) is 0 Å². The molecule has 0 spiro atoms. The van der Waals surface area contributed by atoms with Crippen LogP contribution in [-0.4, -0.2) is 6.04 Å². The zero-order chi connectivity index (χ0) is 9.80. The molecule has 1 aromatic carbocycles. The van der Waals surface area contributed by atoms with Gasteiger partial charge in [0.1, 0.15) is 0 Å². The Labute approximate surface area is 84.7 Å². The molecule has 14 heavy (non-hydrogen) atoms. The molecule has 0 amide bonds. The standard InChI is InChI=1S/C13H13N/c1-2-12-8-6-7-11-14(12)13-9-4-3-5-10-13/h2-12H,1H2. The maximum absolute atomic E-state index is 3.83. The Hall–Kier alpha value is -1.76. The number of benzene rings is 1. The van der Waals surface area contributed by atoms with Crippen molar-refractivity contribution in [2.75, 3.05) is 4.90 Å². The minimum absolute atomic E-state index is 0.266. The Morgan fingerprint density at radius 3 is 2.64 bits per heavy atom. The fourth-order valence-corrected chi connectivity index (χ4v) is 1.56. The average molecular weight is 183 g/mol. The van der Waals surface area contributed by atoms with Crippen molar-refractivity contribution in [2.24, 2.45) is 0 Å². The molecule has 0 radical (unpaired) electrons. The second-order valence-electron chi connectivity index (χ2n) is 3.20. The molecule has 1 unspecified atom stereocenters. The zero-order valence-corrected chi connectivity index (χ0v) is 8.01. The Bertz CT molecular complexity index is 362. The summed E-state index contributed by atoms with van der Waals surface area (Å²) >= 11 is 0. The molecule has 1 heterocycles. The van der Waals surface area contributed by atoms with Gasteiger partial charge in [0.25, 0.3) is 0 Å². The Morgan fingerprint density at radius 2 is 1.93 bits per heavy atom. The van der Waals surface area contributed by atoms with E-state index in [0.717, 1.165) is 0 Å². The van der Waals surface area contributed by atoms with E-state index in [9.17, 15) is 0 Å². The molecule has 1 nitrogen and oxygen atoms in total. The second-order valence-corrected chi connectivity index (χ2v) is 3.20. The zero-order valence-electron chi connectivity index (χ0n) is 8.01. The molecular weight excluding hydrogens is 170 g/mol. The highest BCUT2D eigenvalue weighted by Gasteiger charge is 2.11. The van der Waals surface area contributed by atoms with Gasteiger partial charge in [-0.1, -0.05) is 36.4 Å². The van der Waals surface area contributed by atoms with Crippen molar-refractivity contribution in [3.8, 4) is 0 Å². The molecule has 1 atom stereocenters. The van der Waals surface area contributed by atoms with Gasteiger partial charge in [0.2, 0.25) is 0 Å². The van der Waals surface area contributed by atoms with Gasteiger partial charge in [0.05, 0.1) is 6.04 Å². The van der Waals surface area contributed by atoms with Gasteiger partial charge in [-0.15, -0.1) is 6.58 Å². The summed E-state index contributed by atoms with van der Waals surface area (Å²) in [5, 5.41) is 0. The number of para-hydroxylation sites is 1. The van der Waals surface area contributed by atoms with Crippen molar-refractivity contribution < 1.29 is 0 Å². The summed E-state index contributed by atoms with van der Waals surface area (Å²) in [6.07, 6.45) is 10.2. The molecule has 0 aromatic heterocycles. The van der Waals surface area contributed by atoms with Crippen molar-refractivity contribution >= 4 is 5.69 Å². The summed E-state index contributed by atoms with van der Waals surface area (Å²) in [6, 6.07) is 10.6. The van der Waals surface area contributed by atoms with Crippen molar-refractivity contribution in [2.45, 2.75) is 6.04 Å². The first-order valence-electron chi connectivity index (χ1n) is 4.73. The van der Waals surface area contributed by atoms with E-state index in [0.29, 0.717) is 0 Å². The van der Waals surface area contributed by atoms with Crippen LogP contribution in [0.25, 0.3) is 0 Å². The lowest BCUT2D eigenvalue weighted by Gasteiger charge is -2.28. The van der Waals surface area contributed by atoms with E-state index in [1.54, 1.807) is 0 Å². The van der Waals surface area contributed by atoms with Crippen LogP contribution in [0.2, 0.25) is 0 Å². The number of hydrogen-bond donors (Lipinski definition) is 0. The third-order valence-electron chi connectivity index (χ3n) is 2.28. The van der Waals surface area contributed by atoms with Gasteiger partial charge in [-0.25, -0.2) is 0 Å². The van der Waals surface area contributed by atoms with Crippen LogP contribution in [0.5, 0.6) is 0 Å². The Balaban J connectivity index is 2.30. The van der Waals surface area contributed by atoms with Gasteiger partial charge in [0, 0.05) is 11.9 Å². The lowest BCUT2D eigenvalue weighted by atomic mass is 10.1. The third kappa shape index (κ3) is 1.62. The maximum atomic E-state index is 3.83. The van der Waals surface area contributed by atoms with Crippen molar-refractivity contribution in [1.29, 1.82) is 0 Å². The number of nitrogens with zero attached hydrogens (tertiary/aromatic N) is 1. The molecule has 0 N–H and O–H groups in total. The second kappa shape index (κ2) is 3.97. The molecular formula is C13H13N. The van der Waals surface area contributed by atoms with Crippen molar-refractivity contribution in [1.82, 2.24) is 0 Å². The first-order chi connectivity index (χ1) is 6.92. The molecule has 2 rings (SSSR count). The highest BCUT2D eigenvalue weighted by atomic mass is 15.1. The molecule has 1 aliphatic heterocycles. The fraction of sp³-hybridized carbons (Fsp3) is 0.0769. The van der Waals surface area contributed by atoms with Crippen LogP contribution in [0.4, 0.5) is 5.69 Å². The van der Waals surface area contributed by atoms with Crippen molar-refractivity contribution in [3.63, 3.8) is 0 Å².